The van der Waals surface area contributed by atoms with Crippen molar-refractivity contribution in [3.8, 4) is 0 Å². The maximum absolute atomic E-state index is 12.5. The lowest BCUT2D eigenvalue weighted by molar-refractivity contribution is 0.146. The lowest BCUT2D eigenvalue weighted by Gasteiger charge is -2.32. The molecule has 0 aromatic heterocycles. The van der Waals surface area contributed by atoms with Gasteiger partial charge in [0.05, 0.1) is 5.69 Å². The molecule has 2 aliphatic heterocycles. The number of amides is 1. The van der Waals surface area contributed by atoms with Crippen LogP contribution in [0.4, 0.5) is 16.2 Å². The summed E-state index contributed by atoms with van der Waals surface area (Å²) < 4.78 is 5.50. The standard InChI is InChI=1S/C20H23NO2.C12H17N.2C2H6/c1-3-16-9-10-19-18(13-16)15(2)11-12-21(19)20(22)23-14-17-7-5-4-6-8-17;1-3-10-4-5-12-11(8-10)9(2)6-7-13-12;2*1-2/h4-10,13,15H,3,11-12,14H2,1-2H3;4-5,8-9,13H,3,6-7H2,1-2H3;2*1-2H3. The summed E-state index contributed by atoms with van der Waals surface area (Å²) in [7, 11) is 0. The van der Waals surface area contributed by atoms with Crippen molar-refractivity contribution >= 4 is 17.5 Å². The highest BCUT2D eigenvalue weighted by atomic mass is 16.6. The van der Waals surface area contributed by atoms with Crippen LogP contribution in [0.2, 0.25) is 0 Å². The Labute approximate surface area is 244 Å². The van der Waals surface area contributed by atoms with Crippen molar-refractivity contribution in [1.82, 2.24) is 0 Å². The molecular formula is C36H52N2O2. The second-order valence-corrected chi connectivity index (χ2v) is 10.0. The van der Waals surface area contributed by atoms with Crippen molar-refractivity contribution in [1.29, 1.82) is 0 Å². The molecule has 4 heteroatoms. The first-order chi connectivity index (χ1) is 19.5. The molecule has 2 unspecified atom stereocenters. The summed E-state index contributed by atoms with van der Waals surface area (Å²) in [5, 5.41) is 3.44. The summed E-state index contributed by atoms with van der Waals surface area (Å²) in [6.45, 7) is 19.1. The quantitative estimate of drug-likeness (QED) is 0.355. The highest BCUT2D eigenvalue weighted by Crippen LogP contribution is 2.36. The molecule has 2 atom stereocenters. The average molecular weight is 545 g/mol. The summed E-state index contributed by atoms with van der Waals surface area (Å²) in [4.78, 5) is 14.3. The third-order valence-electron chi connectivity index (χ3n) is 7.48. The van der Waals surface area contributed by atoms with Crippen molar-refractivity contribution in [2.45, 2.75) is 99.5 Å². The molecule has 1 amide bonds. The number of rotatable bonds is 4. The number of hydrogen-bond donors (Lipinski definition) is 1. The number of anilines is 2. The Morgan fingerprint density at radius 1 is 0.800 bits per heavy atom. The normalized spacial score (nSPS) is 16.6. The van der Waals surface area contributed by atoms with E-state index in [0.29, 0.717) is 19.1 Å². The third kappa shape index (κ3) is 8.87. The number of ether oxygens (including phenoxy) is 1. The zero-order valence-electron chi connectivity index (χ0n) is 26.2. The van der Waals surface area contributed by atoms with Crippen LogP contribution in [-0.2, 0) is 24.2 Å². The van der Waals surface area contributed by atoms with Crippen LogP contribution in [0.1, 0.15) is 108 Å². The van der Waals surface area contributed by atoms with Gasteiger partial charge in [0.2, 0.25) is 0 Å². The highest BCUT2D eigenvalue weighted by Gasteiger charge is 2.27. The fourth-order valence-corrected chi connectivity index (χ4v) is 5.03. The van der Waals surface area contributed by atoms with Gasteiger partial charge in [0.25, 0.3) is 0 Å². The van der Waals surface area contributed by atoms with Crippen LogP contribution in [0.25, 0.3) is 0 Å². The zero-order valence-corrected chi connectivity index (χ0v) is 26.2. The van der Waals surface area contributed by atoms with Gasteiger partial charge in [-0.1, -0.05) is 110 Å². The van der Waals surface area contributed by atoms with Gasteiger partial charge in [0.1, 0.15) is 6.61 Å². The van der Waals surface area contributed by atoms with E-state index in [1.165, 1.54) is 34.4 Å². The molecule has 2 heterocycles. The lowest BCUT2D eigenvalue weighted by Crippen LogP contribution is -2.36. The maximum atomic E-state index is 12.5. The molecule has 0 fully saturated rings. The summed E-state index contributed by atoms with van der Waals surface area (Å²) in [5.41, 5.74) is 8.88. The number of hydrogen-bond acceptors (Lipinski definition) is 3. The van der Waals surface area contributed by atoms with E-state index < -0.39 is 0 Å². The van der Waals surface area contributed by atoms with Gasteiger partial charge in [-0.3, -0.25) is 4.90 Å². The molecule has 0 bridgehead atoms. The number of nitrogens with one attached hydrogen (secondary N) is 1. The van der Waals surface area contributed by atoms with Crippen molar-refractivity contribution in [2.75, 3.05) is 23.3 Å². The second kappa shape index (κ2) is 17.4. The number of nitrogens with zero attached hydrogens (tertiary/aromatic N) is 1. The Morgan fingerprint density at radius 3 is 2.05 bits per heavy atom. The molecule has 40 heavy (non-hydrogen) atoms. The molecule has 0 aliphatic carbocycles. The lowest BCUT2D eigenvalue weighted by atomic mass is 9.90. The SMILES string of the molecule is CC.CC.CCc1ccc2c(c1)C(C)CCN2.CCc1ccc2c(c1)C(C)CCN2C(=O)OCc1ccccc1. The Balaban J connectivity index is 0.000000279. The predicted molar refractivity (Wildman–Crippen MR) is 173 cm³/mol. The van der Waals surface area contributed by atoms with Gasteiger partial charge in [-0.2, -0.15) is 0 Å². The molecular weight excluding hydrogens is 492 g/mol. The number of benzene rings is 3. The first kappa shape index (κ1) is 32.9. The fourth-order valence-electron chi connectivity index (χ4n) is 5.03. The van der Waals surface area contributed by atoms with Crippen LogP contribution < -0.4 is 10.2 Å². The Kier molecular flexibility index (Phi) is 14.4. The van der Waals surface area contributed by atoms with Crippen molar-refractivity contribution in [3.63, 3.8) is 0 Å². The smallest absolute Gasteiger partial charge is 0.414 e. The first-order valence-electron chi connectivity index (χ1n) is 15.5. The second-order valence-electron chi connectivity index (χ2n) is 10.0. The van der Waals surface area contributed by atoms with Crippen molar-refractivity contribution < 1.29 is 9.53 Å². The Morgan fingerprint density at radius 2 is 1.40 bits per heavy atom. The van der Waals surface area contributed by atoms with E-state index in [-0.39, 0.29) is 6.09 Å². The van der Waals surface area contributed by atoms with E-state index in [9.17, 15) is 4.79 Å². The van der Waals surface area contributed by atoms with E-state index in [0.717, 1.165) is 43.0 Å². The minimum atomic E-state index is -0.258. The van der Waals surface area contributed by atoms with Gasteiger partial charge in [-0.15, -0.1) is 0 Å². The molecule has 3 aromatic rings. The van der Waals surface area contributed by atoms with E-state index in [2.05, 4.69) is 69.4 Å². The summed E-state index contributed by atoms with van der Waals surface area (Å²) in [6.07, 6.45) is 4.13. The molecule has 0 radical (unpaired) electrons. The molecule has 1 N–H and O–H groups in total. The molecule has 3 aromatic carbocycles. The number of carbonyl (C=O) groups excluding carboxylic acids is 1. The number of aryl methyl sites for hydroxylation is 2. The van der Waals surface area contributed by atoms with Crippen molar-refractivity contribution in [3.05, 3.63) is 94.5 Å². The molecule has 0 spiro atoms. The predicted octanol–water partition coefficient (Wildman–Crippen LogP) is 10.1. The van der Waals surface area contributed by atoms with Crippen molar-refractivity contribution in [2.24, 2.45) is 0 Å². The maximum Gasteiger partial charge on any atom is 0.414 e. The topological polar surface area (TPSA) is 41.6 Å². The summed E-state index contributed by atoms with van der Waals surface area (Å²) in [5.74, 6) is 1.21. The largest absolute Gasteiger partial charge is 0.444 e. The van der Waals surface area contributed by atoms with Gasteiger partial charge < -0.3 is 10.1 Å². The van der Waals surface area contributed by atoms with Crippen LogP contribution in [-0.4, -0.2) is 19.2 Å². The van der Waals surface area contributed by atoms with Gasteiger partial charge >= 0.3 is 6.09 Å². The monoisotopic (exact) mass is 544 g/mol. The zero-order chi connectivity index (χ0) is 29.5. The van der Waals surface area contributed by atoms with E-state index in [1.807, 2.05) is 58.0 Å². The Bertz CT molecular complexity index is 1160. The molecule has 4 nitrogen and oxygen atoms in total. The van der Waals surface area contributed by atoms with E-state index >= 15 is 0 Å². The van der Waals surface area contributed by atoms with Gasteiger partial charge in [0, 0.05) is 18.8 Å². The van der Waals surface area contributed by atoms with Crippen LogP contribution >= 0.6 is 0 Å². The van der Waals surface area contributed by atoms with Crippen LogP contribution in [0, 0.1) is 0 Å². The van der Waals surface area contributed by atoms with Crippen LogP contribution in [0.15, 0.2) is 66.7 Å². The van der Waals surface area contributed by atoms with Gasteiger partial charge in [-0.25, -0.2) is 4.79 Å². The number of carbonyl (C=O) groups is 1. The minimum absolute atomic E-state index is 0.258. The molecule has 5 rings (SSSR count). The van der Waals surface area contributed by atoms with E-state index in [4.69, 9.17) is 4.74 Å². The average Bonchev–Trinajstić information content (AvgIpc) is 3.03. The minimum Gasteiger partial charge on any atom is -0.444 e. The first-order valence-corrected chi connectivity index (χ1v) is 15.5. The Hall–Kier alpha value is -3.27. The summed E-state index contributed by atoms with van der Waals surface area (Å²) in [6, 6.07) is 23.0. The molecule has 2 aliphatic rings. The third-order valence-corrected chi connectivity index (χ3v) is 7.48. The fraction of sp³-hybridized carbons (Fsp3) is 0.472. The number of fused-ring (bicyclic) bond motifs is 2. The van der Waals surface area contributed by atoms with Crippen LogP contribution in [0.3, 0.4) is 0 Å². The molecule has 0 saturated carbocycles. The molecule has 0 saturated heterocycles. The highest BCUT2D eigenvalue weighted by molar-refractivity contribution is 5.89. The van der Waals surface area contributed by atoms with Gasteiger partial charge in [0.15, 0.2) is 0 Å². The van der Waals surface area contributed by atoms with Gasteiger partial charge in [-0.05, 0) is 77.5 Å². The summed E-state index contributed by atoms with van der Waals surface area (Å²) >= 11 is 0. The van der Waals surface area contributed by atoms with E-state index in [1.54, 1.807) is 4.90 Å². The molecule has 218 valence electrons. The van der Waals surface area contributed by atoms with Crippen LogP contribution in [0.5, 0.6) is 0 Å².